The van der Waals surface area contributed by atoms with Gasteiger partial charge in [0.25, 0.3) is 0 Å². The molecule has 0 amide bonds. The molecule has 0 aromatic carbocycles. The van der Waals surface area contributed by atoms with Gasteiger partial charge in [-0.25, -0.2) is 0 Å². The topological polar surface area (TPSA) is 25.4 Å². The number of hydrogen-bond donors (Lipinski definition) is 0. The molecule has 1 saturated heterocycles. The van der Waals surface area contributed by atoms with Crippen molar-refractivity contribution in [3.63, 3.8) is 0 Å². The molecule has 1 aromatic rings. The molecule has 1 aliphatic heterocycles. The quantitative estimate of drug-likeness (QED) is 0.774. The molecule has 0 aliphatic carbocycles. The van der Waals surface area contributed by atoms with Crippen LogP contribution in [0.3, 0.4) is 0 Å². The van der Waals surface area contributed by atoms with Crippen molar-refractivity contribution < 1.29 is 4.74 Å². The Morgan fingerprint density at radius 1 is 1.62 bits per heavy atom. The summed E-state index contributed by atoms with van der Waals surface area (Å²) in [5.74, 6) is 0.831. The zero-order chi connectivity index (χ0) is 11.4. The average Bonchev–Trinajstić information content (AvgIpc) is 2.72. The van der Waals surface area contributed by atoms with E-state index in [1.165, 1.54) is 19.4 Å². The molecule has 0 N–H and O–H groups in total. The van der Waals surface area contributed by atoms with E-state index in [0.29, 0.717) is 6.04 Å². The van der Waals surface area contributed by atoms with Crippen molar-refractivity contribution in [2.45, 2.75) is 18.9 Å². The average molecular weight is 218 g/mol. The van der Waals surface area contributed by atoms with Crippen LogP contribution in [0.1, 0.15) is 18.4 Å². The van der Waals surface area contributed by atoms with Gasteiger partial charge in [-0.2, -0.15) is 0 Å². The molecule has 0 spiro atoms. The smallest absolute Gasteiger partial charge is 0.138 e. The van der Waals surface area contributed by atoms with Crippen molar-refractivity contribution >= 4 is 6.08 Å². The zero-order valence-corrected chi connectivity index (χ0v) is 9.72. The van der Waals surface area contributed by atoms with Crippen LogP contribution in [0.4, 0.5) is 0 Å². The minimum absolute atomic E-state index is 0.549. The lowest BCUT2D eigenvalue weighted by Crippen LogP contribution is -2.30. The molecular formula is C13H18N2O. The van der Waals surface area contributed by atoms with Crippen LogP contribution >= 0.6 is 0 Å². The number of ether oxygens (including phenoxy) is 1. The highest BCUT2D eigenvalue weighted by Crippen LogP contribution is 2.17. The highest BCUT2D eigenvalue weighted by Gasteiger charge is 2.21. The van der Waals surface area contributed by atoms with Crippen LogP contribution in [0.15, 0.2) is 25.0 Å². The number of aromatic nitrogens is 1. The van der Waals surface area contributed by atoms with E-state index in [1.807, 2.05) is 6.07 Å². The van der Waals surface area contributed by atoms with Crippen molar-refractivity contribution in [1.82, 2.24) is 9.88 Å². The Morgan fingerprint density at radius 2 is 2.50 bits per heavy atom. The van der Waals surface area contributed by atoms with Gasteiger partial charge in [-0.3, -0.25) is 4.98 Å². The first kappa shape index (κ1) is 11.1. The molecule has 1 aromatic heterocycles. The number of rotatable bonds is 4. The minimum atomic E-state index is 0.549. The van der Waals surface area contributed by atoms with E-state index in [0.717, 1.165) is 17.9 Å². The fraction of sp³-hybridized carbons (Fsp3) is 0.462. The van der Waals surface area contributed by atoms with E-state index in [9.17, 15) is 0 Å². The summed E-state index contributed by atoms with van der Waals surface area (Å²) in [5.41, 5.74) is 0.997. The second-order valence-electron chi connectivity index (χ2n) is 4.25. The van der Waals surface area contributed by atoms with E-state index < -0.39 is 0 Å². The van der Waals surface area contributed by atoms with Crippen LogP contribution in [0, 0.1) is 0 Å². The summed E-state index contributed by atoms with van der Waals surface area (Å²) < 4.78 is 5.75. The zero-order valence-electron chi connectivity index (χ0n) is 9.72. The Bertz CT molecular complexity index is 365. The van der Waals surface area contributed by atoms with Gasteiger partial charge < -0.3 is 9.64 Å². The SMILES string of the molecule is C=Cc1cncc(OC[C@@H]2CCCN2C)c1. The van der Waals surface area contributed by atoms with Crippen LogP contribution in [0.25, 0.3) is 6.08 Å². The third-order valence-corrected chi connectivity index (χ3v) is 3.08. The summed E-state index contributed by atoms with van der Waals surface area (Å²) in [4.78, 5) is 6.46. The maximum absolute atomic E-state index is 5.75. The third-order valence-electron chi connectivity index (χ3n) is 3.08. The van der Waals surface area contributed by atoms with Crippen LogP contribution < -0.4 is 4.74 Å². The lowest BCUT2D eigenvalue weighted by molar-refractivity contribution is 0.198. The van der Waals surface area contributed by atoms with Crippen LogP contribution in [-0.4, -0.2) is 36.1 Å². The molecule has 3 nitrogen and oxygen atoms in total. The number of nitrogens with zero attached hydrogens (tertiary/aromatic N) is 2. The summed E-state index contributed by atoms with van der Waals surface area (Å²) in [5, 5.41) is 0. The summed E-state index contributed by atoms with van der Waals surface area (Å²) in [7, 11) is 2.15. The van der Waals surface area contributed by atoms with Gasteiger partial charge in [-0.05, 0) is 38.1 Å². The Balaban J connectivity index is 1.91. The Hall–Kier alpha value is -1.35. The van der Waals surface area contributed by atoms with Gasteiger partial charge in [-0.1, -0.05) is 12.7 Å². The number of hydrogen-bond acceptors (Lipinski definition) is 3. The number of pyridine rings is 1. The molecular weight excluding hydrogens is 200 g/mol. The first-order valence-electron chi connectivity index (χ1n) is 5.70. The van der Waals surface area contributed by atoms with Gasteiger partial charge in [0.05, 0.1) is 6.20 Å². The second kappa shape index (κ2) is 5.12. The molecule has 0 unspecified atom stereocenters. The lowest BCUT2D eigenvalue weighted by Gasteiger charge is -2.19. The van der Waals surface area contributed by atoms with Gasteiger partial charge in [0.2, 0.25) is 0 Å². The molecule has 16 heavy (non-hydrogen) atoms. The summed E-state index contributed by atoms with van der Waals surface area (Å²) in [6.07, 6.45) is 7.81. The molecule has 2 heterocycles. The van der Waals surface area contributed by atoms with Crippen LogP contribution in [-0.2, 0) is 0 Å². The normalized spacial score (nSPS) is 20.9. The molecule has 0 saturated carbocycles. The molecule has 0 bridgehead atoms. The van der Waals surface area contributed by atoms with Gasteiger partial charge in [0.15, 0.2) is 0 Å². The molecule has 1 aliphatic rings. The van der Waals surface area contributed by atoms with E-state index in [-0.39, 0.29) is 0 Å². The Kier molecular flexibility index (Phi) is 3.57. The van der Waals surface area contributed by atoms with Crippen molar-refractivity contribution in [2.75, 3.05) is 20.2 Å². The van der Waals surface area contributed by atoms with Crippen molar-refractivity contribution in [3.05, 3.63) is 30.6 Å². The molecule has 2 rings (SSSR count). The maximum Gasteiger partial charge on any atom is 0.138 e. The molecule has 0 radical (unpaired) electrons. The van der Waals surface area contributed by atoms with Crippen molar-refractivity contribution in [3.8, 4) is 5.75 Å². The van der Waals surface area contributed by atoms with Gasteiger partial charge in [-0.15, -0.1) is 0 Å². The van der Waals surface area contributed by atoms with Crippen LogP contribution in [0.5, 0.6) is 5.75 Å². The molecule has 1 atom stereocenters. The highest BCUT2D eigenvalue weighted by molar-refractivity contribution is 5.47. The number of likely N-dealkylation sites (tertiary alicyclic amines) is 1. The van der Waals surface area contributed by atoms with Crippen molar-refractivity contribution in [1.29, 1.82) is 0 Å². The second-order valence-corrected chi connectivity index (χ2v) is 4.25. The first-order chi connectivity index (χ1) is 7.79. The third kappa shape index (κ3) is 2.61. The van der Waals surface area contributed by atoms with Crippen LogP contribution in [0.2, 0.25) is 0 Å². The Morgan fingerprint density at radius 3 is 3.19 bits per heavy atom. The fourth-order valence-electron chi connectivity index (χ4n) is 2.01. The largest absolute Gasteiger partial charge is 0.490 e. The monoisotopic (exact) mass is 218 g/mol. The lowest BCUT2D eigenvalue weighted by atomic mass is 10.2. The number of likely N-dealkylation sites (N-methyl/N-ethyl adjacent to an activating group) is 1. The minimum Gasteiger partial charge on any atom is -0.490 e. The van der Waals surface area contributed by atoms with E-state index in [4.69, 9.17) is 4.74 Å². The van der Waals surface area contributed by atoms with E-state index in [2.05, 4.69) is 23.5 Å². The predicted molar refractivity (Wildman–Crippen MR) is 65.5 cm³/mol. The highest BCUT2D eigenvalue weighted by atomic mass is 16.5. The fourth-order valence-corrected chi connectivity index (χ4v) is 2.01. The standard InChI is InChI=1S/C13H18N2O/c1-3-11-7-13(9-14-8-11)16-10-12-5-4-6-15(12)2/h3,7-9,12H,1,4-6,10H2,2H3/t12-/m0/s1. The predicted octanol–water partition coefficient (Wildman–Crippen LogP) is 2.20. The molecule has 1 fully saturated rings. The van der Waals surface area contributed by atoms with Crippen molar-refractivity contribution in [2.24, 2.45) is 0 Å². The van der Waals surface area contributed by atoms with E-state index in [1.54, 1.807) is 18.5 Å². The molecule has 86 valence electrons. The van der Waals surface area contributed by atoms with Gasteiger partial charge in [0.1, 0.15) is 12.4 Å². The molecule has 3 heteroatoms. The van der Waals surface area contributed by atoms with Gasteiger partial charge >= 0.3 is 0 Å². The van der Waals surface area contributed by atoms with Gasteiger partial charge in [0, 0.05) is 12.2 Å². The summed E-state index contributed by atoms with van der Waals surface area (Å²) in [6, 6.07) is 2.52. The summed E-state index contributed by atoms with van der Waals surface area (Å²) in [6.45, 7) is 5.65. The Labute approximate surface area is 96.7 Å². The van der Waals surface area contributed by atoms with E-state index >= 15 is 0 Å². The maximum atomic E-state index is 5.75. The summed E-state index contributed by atoms with van der Waals surface area (Å²) >= 11 is 0. The first-order valence-corrected chi connectivity index (χ1v) is 5.70.